The van der Waals surface area contributed by atoms with Gasteiger partial charge < -0.3 is 20.3 Å². The first-order chi connectivity index (χ1) is 12.5. The molecule has 0 radical (unpaired) electrons. The number of morpholine rings is 1. The van der Waals surface area contributed by atoms with Crippen molar-refractivity contribution in [3.05, 3.63) is 35.1 Å². The van der Waals surface area contributed by atoms with E-state index in [9.17, 15) is 14.0 Å². The number of aryl methyl sites for hydroxylation is 1. The van der Waals surface area contributed by atoms with Crippen molar-refractivity contribution in [1.82, 2.24) is 15.5 Å². The monoisotopic (exact) mass is 399 g/mol. The van der Waals surface area contributed by atoms with Crippen molar-refractivity contribution < 1.29 is 18.7 Å². The lowest BCUT2D eigenvalue weighted by atomic mass is 9.95. The molecule has 6 nitrogen and oxygen atoms in total. The molecule has 1 unspecified atom stereocenters. The quantitative estimate of drug-likeness (QED) is 0.803. The molecular weight excluding hydrogens is 373 g/mol. The van der Waals surface area contributed by atoms with Crippen LogP contribution in [0.25, 0.3) is 0 Å². The van der Waals surface area contributed by atoms with E-state index >= 15 is 0 Å². The van der Waals surface area contributed by atoms with Gasteiger partial charge in [-0.15, -0.1) is 12.4 Å². The summed E-state index contributed by atoms with van der Waals surface area (Å²) in [5, 5.41) is 6.04. The molecule has 150 valence electrons. The van der Waals surface area contributed by atoms with E-state index in [0.717, 1.165) is 12.1 Å². The Morgan fingerprint density at radius 3 is 2.70 bits per heavy atom. The highest BCUT2D eigenvalue weighted by molar-refractivity contribution is 5.85. The van der Waals surface area contributed by atoms with E-state index in [1.807, 2.05) is 6.07 Å². The van der Waals surface area contributed by atoms with Crippen molar-refractivity contribution in [2.24, 2.45) is 5.92 Å². The maximum Gasteiger partial charge on any atom is 0.253 e. The number of benzene rings is 1. The van der Waals surface area contributed by atoms with Crippen LogP contribution in [0.15, 0.2) is 18.2 Å². The second kappa shape index (κ2) is 10.0. The summed E-state index contributed by atoms with van der Waals surface area (Å²) in [6.45, 7) is 5.03. The Morgan fingerprint density at radius 2 is 2.07 bits per heavy atom. The van der Waals surface area contributed by atoms with E-state index < -0.39 is 6.10 Å². The van der Waals surface area contributed by atoms with Crippen LogP contribution in [-0.2, 0) is 20.9 Å². The third kappa shape index (κ3) is 5.64. The second-order valence-electron chi connectivity index (χ2n) is 6.96. The van der Waals surface area contributed by atoms with Crippen molar-refractivity contribution in [2.75, 3.05) is 32.8 Å². The van der Waals surface area contributed by atoms with Gasteiger partial charge in [0.1, 0.15) is 11.9 Å². The number of hydrogen-bond acceptors (Lipinski definition) is 4. The minimum Gasteiger partial charge on any atom is -0.366 e. The predicted molar refractivity (Wildman–Crippen MR) is 102 cm³/mol. The first kappa shape index (κ1) is 21.6. The molecular formula is C19H27ClFN3O3. The van der Waals surface area contributed by atoms with E-state index in [1.54, 1.807) is 17.9 Å². The van der Waals surface area contributed by atoms with E-state index in [2.05, 4.69) is 10.6 Å². The van der Waals surface area contributed by atoms with Gasteiger partial charge in [0.15, 0.2) is 0 Å². The number of likely N-dealkylation sites (tertiary alicyclic amines) is 1. The highest BCUT2D eigenvalue weighted by Crippen LogP contribution is 2.19. The van der Waals surface area contributed by atoms with Crippen LogP contribution in [0.1, 0.15) is 24.0 Å². The molecule has 2 amide bonds. The summed E-state index contributed by atoms with van der Waals surface area (Å²) in [6, 6.07) is 4.98. The molecule has 2 N–H and O–H groups in total. The topological polar surface area (TPSA) is 70.7 Å². The van der Waals surface area contributed by atoms with Crippen molar-refractivity contribution in [3.8, 4) is 0 Å². The highest BCUT2D eigenvalue weighted by atomic mass is 35.5. The van der Waals surface area contributed by atoms with Crippen molar-refractivity contribution in [3.63, 3.8) is 0 Å². The molecule has 2 aliphatic rings. The molecule has 27 heavy (non-hydrogen) atoms. The molecule has 2 heterocycles. The molecule has 3 rings (SSSR count). The Labute approximate surface area is 165 Å². The predicted octanol–water partition coefficient (Wildman–Crippen LogP) is 1.40. The van der Waals surface area contributed by atoms with E-state index in [-0.39, 0.29) is 36.0 Å². The highest BCUT2D eigenvalue weighted by Gasteiger charge is 2.31. The third-order valence-corrected chi connectivity index (χ3v) is 5.08. The van der Waals surface area contributed by atoms with Crippen LogP contribution in [0.5, 0.6) is 0 Å². The van der Waals surface area contributed by atoms with Crippen LogP contribution in [0.3, 0.4) is 0 Å². The fourth-order valence-electron chi connectivity index (χ4n) is 3.37. The van der Waals surface area contributed by atoms with Crippen LogP contribution < -0.4 is 10.6 Å². The fourth-order valence-corrected chi connectivity index (χ4v) is 3.37. The Kier molecular flexibility index (Phi) is 8.01. The molecule has 1 aromatic carbocycles. The summed E-state index contributed by atoms with van der Waals surface area (Å²) in [5.74, 6) is -0.400. The first-order valence-corrected chi connectivity index (χ1v) is 9.18. The Morgan fingerprint density at radius 1 is 1.33 bits per heavy atom. The summed E-state index contributed by atoms with van der Waals surface area (Å²) < 4.78 is 19.1. The molecule has 8 heteroatoms. The molecule has 2 aliphatic heterocycles. The molecule has 1 atom stereocenters. The summed E-state index contributed by atoms with van der Waals surface area (Å²) in [4.78, 5) is 26.6. The van der Waals surface area contributed by atoms with Gasteiger partial charge in [-0.25, -0.2) is 4.39 Å². The fraction of sp³-hybridized carbons (Fsp3) is 0.579. The molecule has 1 aromatic rings. The molecule has 0 bridgehead atoms. The number of nitrogens with zero attached hydrogens (tertiary/aromatic N) is 1. The number of ether oxygens (including phenoxy) is 1. The van der Waals surface area contributed by atoms with Crippen molar-refractivity contribution >= 4 is 24.2 Å². The standard InChI is InChI=1S/C19H26FN3O3.ClH/c1-13-2-3-14(10-16(13)20)11-22-18(24)15-4-7-23(8-5-15)19(25)17-12-21-6-9-26-17;/h2-3,10,15,17,21H,4-9,11-12H2,1H3,(H,22,24);1H. The molecule has 2 saturated heterocycles. The molecule has 0 aliphatic carbocycles. The van der Waals surface area contributed by atoms with Gasteiger partial charge in [0.2, 0.25) is 5.91 Å². The van der Waals surface area contributed by atoms with Crippen LogP contribution >= 0.6 is 12.4 Å². The van der Waals surface area contributed by atoms with Gasteiger partial charge in [-0.3, -0.25) is 9.59 Å². The summed E-state index contributed by atoms with van der Waals surface area (Å²) in [5.41, 5.74) is 1.34. The Bertz CT molecular complexity index is 660. The van der Waals surface area contributed by atoms with Gasteiger partial charge in [-0.05, 0) is 37.0 Å². The maximum atomic E-state index is 13.6. The largest absolute Gasteiger partial charge is 0.366 e. The number of hydrogen-bond donors (Lipinski definition) is 2. The van der Waals surface area contributed by atoms with Gasteiger partial charge >= 0.3 is 0 Å². The second-order valence-corrected chi connectivity index (χ2v) is 6.96. The van der Waals surface area contributed by atoms with Gasteiger partial charge in [0.05, 0.1) is 6.61 Å². The number of halogens is 2. The van der Waals surface area contributed by atoms with E-state index in [4.69, 9.17) is 4.74 Å². The van der Waals surface area contributed by atoms with Crippen LogP contribution in [0.2, 0.25) is 0 Å². The van der Waals surface area contributed by atoms with Gasteiger partial charge in [0.25, 0.3) is 5.91 Å². The number of carbonyl (C=O) groups is 2. The molecule has 0 aromatic heterocycles. The smallest absolute Gasteiger partial charge is 0.253 e. The van der Waals surface area contributed by atoms with Gasteiger partial charge in [-0.2, -0.15) is 0 Å². The molecule has 2 fully saturated rings. The lowest BCUT2D eigenvalue weighted by Gasteiger charge is -2.34. The number of rotatable bonds is 4. The molecule has 0 spiro atoms. The first-order valence-electron chi connectivity index (χ1n) is 9.18. The average molecular weight is 400 g/mol. The zero-order valence-electron chi connectivity index (χ0n) is 15.5. The zero-order valence-corrected chi connectivity index (χ0v) is 16.3. The summed E-state index contributed by atoms with van der Waals surface area (Å²) in [7, 11) is 0. The Hall–Kier alpha value is -1.70. The SMILES string of the molecule is Cc1ccc(CNC(=O)C2CCN(C(=O)C3CNCCO3)CC2)cc1F.Cl. The normalized spacial score (nSPS) is 20.7. The maximum absolute atomic E-state index is 13.6. The number of amides is 2. The lowest BCUT2D eigenvalue weighted by Crippen LogP contribution is -2.52. The van der Waals surface area contributed by atoms with Gasteiger partial charge in [-0.1, -0.05) is 12.1 Å². The van der Waals surface area contributed by atoms with E-state index in [1.165, 1.54) is 6.07 Å². The van der Waals surface area contributed by atoms with Crippen molar-refractivity contribution in [1.29, 1.82) is 0 Å². The van der Waals surface area contributed by atoms with Crippen molar-refractivity contribution in [2.45, 2.75) is 32.4 Å². The van der Waals surface area contributed by atoms with Crippen LogP contribution in [0.4, 0.5) is 4.39 Å². The Balaban J connectivity index is 0.00000261. The summed E-state index contributed by atoms with van der Waals surface area (Å²) in [6.07, 6.45) is 0.866. The minimum atomic E-state index is -0.412. The minimum absolute atomic E-state index is 0. The third-order valence-electron chi connectivity index (χ3n) is 5.08. The number of carbonyl (C=O) groups excluding carboxylic acids is 2. The number of nitrogens with one attached hydrogen (secondary N) is 2. The van der Waals surface area contributed by atoms with Gasteiger partial charge in [0, 0.05) is 38.6 Å². The van der Waals surface area contributed by atoms with Crippen LogP contribution in [0, 0.1) is 18.7 Å². The van der Waals surface area contributed by atoms with E-state index in [0.29, 0.717) is 51.2 Å². The average Bonchev–Trinajstić information content (AvgIpc) is 2.69. The summed E-state index contributed by atoms with van der Waals surface area (Å²) >= 11 is 0. The molecule has 0 saturated carbocycles. The number of piperidine rings is 1. The zero-order chi connectivity index (χ0) is 18.5. The lowest BCUT2D eigenvalue weighted by molar-refractivity contribution is -0.147. The van der Waals surface area contributed by atoms with Crippen LogP contribution in [-0.4, -0.2) is 55.6 Å².